The molecule has 0 aromatic rings. The molecule has 0 aliphatic rings. The second-order valence-corrected chi connectivity index (χ2v) is 3.41. The van der Waals surface area contributed by atoms with Crippen LogP contribution in [-0.4, -0.2) is 21.7 Å². The summed E-state index contributed by atoms with van der Waals surface area (Å²) in [5, 5.41) is 0. The third-order valence-corrected chi connectivity index (χ3v) is 1.21. The first kappa shape index (κ1) is 16.0. The molecule has 4 N–H and O–H groups in total. The van der Waals surface area contributed by atoms with Gasteiger partial charge in [0.05, 0.1) is 0 Å². The van der Waals surface area contributed by atoms with Crippen LogP contribution in [0.5, 0.6) is 0 Å². The van der Waals surface area contributed by atoms with E-state index in [9.17, 15) is 14.2 Å². The minimum Gasteiger partial charge on any atom is -0.367 e. The maximum absolute atomic E-state index is 9.99. The van der Waals surface area contributed by atoms with Crippen molar-refractivity contribution in [1.82, 2.24) is 0 Å². The molecule has 15 heavy (non-hydrogen) atoms. The predicted octanol–water partition coefficient (Wildman–Crippen LogP) is -0.144. The SMILES string of the molecule is C=C(C)C(N)=O.C=CC(=O)OP(=O)(O)O. The Morgan fingerprint density at radius 1 is 1.47 bits per heavy atom. The van der Waals surface area contributed by atoms with Gasteiger partial charge in [-0.25, -0.2) is 9.36 Å². The van der Waals surface area contributed by atoms with E-state index in [1.165, 1.54) is 0 Å². The molecule has 0 aliphatic heterocycles. The molecule has 8 heteroatoms. The summed E-state index contributed by atoms with van der Waals surface area (Å²) in [5.41, 5.74) is 5.09. The first-order chi connectivity index (χ1) is 6.60. The van der Waals surface area contributed by atoms with E-state index in [0.717, 1.165) is 0 Å². The van der Waals surface area contributed by atoms with Crippen LogP contribution in [0.25, 0.3) is 0 Å². The van der Waals surface area contributed by atoms with Gasteiger partial charge in [-0.15, -0.1) is 0 Å². The first-order valence-corrected chi connectivity index (χ1v) is 5.00. The molecular formula is C7H12NO6P. The van der Waals surface area contributed by atoms with Gasteiger partial charge in [-0.05, 0) is 6.92 Å². The highest BCUT2D eigenvalue weighted by atomic mass is 31.2. The Morgan fingerprint density at radius 3 is 1.87 bits per heavy atom. The lowest BCUT2D eigenvalue weighted by Crippen LogP contribution is -2.10. The number of rotatable bonds is 3. The zero-order valence-electron chi connectivity index (χ0n) is 8.04. The molecule has 0 fully saturated rings. The van der Waals surface area contributed by atoms with Gasteiger partial charge in [0.15, 0.2) is 0 Å². The first-order valence-electron chi connectivity index (χ1n) is 3.47. The average molecular weight is 237 g/mol. The maximum Gasteiger partial charge on any atom is 0.527 e. The molecule has 0 rings (SSSR count). The van der Waals surface area contributed by atoms with Crippen molar-refractivity contribution in [1.29, 1.82) is 0 Å². The number of primary amides is 1. The van der Waals surface area contributed by atoms with Gasteiger partial charge in [-0.3, -0.25) is 14.6 Å². The molecule has 0 bridgehead atoms. The third-order valence-electron chi connectivity index (χ3n) is 0.796. The van der Waals surface area contributed by atoms with Crippen LogP contribution in [0.1, 0.15) is 6.92 Å². The van der Waals surface area contributed by atoms with Crippen LogP contribution in [-0.2, 0) is 18.7 Å². The standard InChI is InChI=1S/C4H7NO.C3H5O5P/c1-3(2)4(5)6;1-2-3(4)8-9(5,6)7/h1H2,2H3,(H2,5,6);2H,1H2,(H2,5,6,7). The number of phosphoric ester groups is 1. The van der Waals surface area contributed by atoms with Crippen LogP contribution in [0.15, 0.2) is 24.8 Å². The molecule has 0 aromatic heterocycles. The van der Waals surface area contributed by atoms with E-state index >= 15 is 0 Å². The smallest absolute Gasteiger partial charge is 0.367 e. The molecule has 0 heterocycles. The fourth-order valence-corrected chi connectivity index (χ4v) is 0.463. The highest BCUT2D eigenvalue weighted by molar-refractivity contribution is 7.46. The number of carbonyl (C=O) groups excluding carboxylic acids is 2. The number of amides is 1. The van der Waals surface area contributed by atoms with Crippen molar-refractivity contribution in [2.75, 3.05) is 0 Å². The molecule has 0 aliphatic carbocycles. The fourth-order valence-electron chi connectivity index (χ4n) is 0.154. The van der Waals surface area contributed by atoms with Gasteiger partial charge in [-0.2, -0.15) is 0 Å². The fraction of sp³-hybridized carbons (Fsp3) is 0.143. The maximum atomic E-state index is 9.99. The third kappa shape index (κ3) is 15.3. The molecule has 7 nitrogen and oxygen atoms in total. The van der Waals surface area contributed by atoms with Gasteiger partial charge in [-0.1, -0.05) is 13.2 Å². The van der Waals surface area contributed by atoms with Crippen molar-refractivity contribution in [2.24, 2.45) is 5.73 Å². The molecule has 0 atom stereocenters. The lowest BCUT2D eigenvalue weighted by atomic mass is 10.3. The van der Waals surface area contributed by atoms with Crippen LogP contribution in [0, 0.1) is 0 Å². The molecule has 0 spiro atoms. The molecule has 0 unspecified atom stereocenters. The van der Waals surface area contributed by atoms with E-state index in [-0.39, 0.29) is 0 Å². The topological polar surface area (TPSA) is 127 Å². The van der Waals surface area contributed by atoms with Gasteiger partial charge in [0, 0.05) is 11.6 Å². The van der Waals surface area contributed by atoms with E-state index in [1.807, 2.05) is 0 Å². The average Bonchev–Trinajstić information content (AvgIpc) is 2.02. The Kier molecular flexibility index (Phi) is 7.41. The summed E-state index contributed by atoms with van der Waals surface area (Å²) < 4.78 is 13.3. The van der Waals surface area contributed by atoms with Crippen LogP contribution < -0.4 is 5.73 Å². The quantitative estimate of drug-likeness (QED) is 0.463. The van der Waals surface area contributed by atoms with E-state index in [4.69, 9.17) is 15.5 Å². The van der Waals surface area contributed by atoms with E-state index < -0.39 is 19.7 Å². The molecule has 0 saturated heterocycles. The summed E-state index contributed by atoms with van der Waals surface area (Å²) in [6.45, 7) is 7.78. The Balaban J connectivity index is 0. The van der Waals surface area contributed by atoms with Crippen LogP contribution in [0.3, 0.4) is 0 Å². The lowest BCUT2D eigenvalue weighted by Gasteiger charge is -1.99. The second kappa shape index (κ2) is 6.94. The summed E-state index contributed by atoms with van der Waals surface area (Å²) in [7, 11) is -4.66. The summed E-state index contributed by atoms with van der Waals surface area (Å²) >= 11 is 0. The largest absolute Gasteiger partial charge is 0.527 e. The van der Waals surface area contributed by atoms with Gasteiger partial charge in [0.2, 0.25) is 5.91 Å². The molecule has 86 valence electrons. The Bertz CT molecular complexity index is 305. The molecule has 0 saturated carbocycles. The summed E-state index contributed by atoms with van der Waals surface area (Å²) in [6, 6.07) is 0. The van der Waals surface area contributed by atoms with Crippen LogP contribution in [0.4, 0.5) is 0 Å². The van der Waals surface area contributed by atoms with E-state index in [0.29, 0.717) is 11.6 Å². The number of nitrogens with two attached hydrogens (primary N) is 1. The van der Waals surface area contributed by atoms with Crippen molar-refractivity contribution in [3.8, 4) is 0 Å². The normalized spacial score (nSPS) is 9.27. The van der Waals surface area contributed by atoms with Crippen molar-refractivity contribution >= 4 is 19.7 Å². The van der Waals surface area contributed by atoms with Crippen molar-refractivity contribution in [2.45, 2.75) is 6.92 Å². The van der Waals surface area contributed by atoms with Crippen molar-refractivity contribution < 1.29 is 28.5 Å². The van der Waals surface area contributed by atoms with Gasteiger partial charge in [0.25, 0.3) is 0 Å². The number of hydrogen-bond donors (Lipinski definition) is 3. The van der Waals surface area contributed by atoms with Crippen molar-refractivity contribution in [3.63, 3.8) is 0 Å². The van der Waals surface area contributed by atoms with Crippen LogP contribution >= 0.6 is 7.82 Å². The highest BCUT2D eigenvalue weighted by Crippen LogP contribution is 2.35. The molecule has 0 radical (unpaired) electrons. The minimum atomic E-state index is -4.66. The van der Waals surface area contributed by atoms with E-state index in [2.05, 4.69) is 17.7 Å². The van der Waals surface area contributed by atoms with Crippen LogP contribution in [0.2, 0.25) is 0 Å². The Morgan fingerprint density at radius 2 is 1.80 bits per heavy atom. The van der Waals surface area contributed by atoms with Gasteiger partial charge < -0.3 is 10.3 Å². The zero-order chi connectivity index (χ0) is 12.6. The Hall–Kier alpha value is -1.43. The molecular weight excluding hydrogens is 225 g/mol. The van der Waals surface area contributed by atoms with Crippen molar-refractivity contribution in [3.05, 3.63) is 24.8 Å². The van der Waals surface area contributed by atoms with Gasteiger partial charge in [0.1, 0.15) is 0 Å². The molecule has 1 amide bonds. The number of hydrogen-bond acceptors (Lipinski definition) is 4. The summed E-state index contributed by atoms with van der Waals surface area (Å²) in [5.74, 6) is -1.57. The summed E-state index contributed by atoms with van der Waals surface area (Å²) in [4.78, 5) is 35.7. The summed E-state index contributed by atoms with van der Waals surface area (Å²) in [6.07, 6.45) is 0.666. The number of phosphoric acid groups is 1. The lowest BCUT2D eigenvalue weighted by molar-refractivity contribution is -0.130. The molecule has 0 aromatic carbocycles. The predicted molar refractivity (Wildman–Crippen MR) is 52.3 cm³/mol. The zero-order valence-corrected chi connectivity index (χ0v) is 8.94. The minimum absolute atomic E-state index is 0.398. The highest BCUT2D eigenvalue weighted by Gasteiger charge is 2.17. The van der Waals surface area contributed by atoms with Gasteiger partial charge >= 0.3 is 13.8 Å². The monoisotopic (exact) mass is 237 g/mol. The van der Waals surface area contributed by atoms with E-state index in [1.54, 1.807) is 6.92 Å². The second-order valence-electron chi connectivity index (χ2n) is 2.25. The Labute approximate surface area is 86.5 Å². The number of carbonyl (C=O) groups is 2.